The summed E-state index contributed by atoms with van der Waals surface area (Å²) in [5, 5.41) is 4.60. The van der Waals surface area contributed by atoms with Gasteiger partial charge in [0.2, 0.25) is 0 Å². The van der Waals surface area contributed by atoms with Crippen molar-refractivity contribution in [3.05, 3.63) is 47.7 Å². The molecule has 9 heteroatoms. The minimum atomic E-state index is -0.835. The Bertz CT molecular complexity index is 996. The van der Waals surface area contributed by atoms with E-state index in [0.717, 1.165) is 14.6 Å². The third-order valence-corrected chi connectivity index (χ3v) is 5.31. The summed E-state index contributed by atoms with van der Waals surface area (Å²) in [5.41, 5.74) is 0.731. The first-order valence-corrected chi connectivity index (χ1v) is 8.73. The van der Waals surface area contributed by atoms with Crippen LogP contribution in [0.5, 0.6) is 0 Å². The van der Waals surface area contributed by atoms with Gasteiger partial charge in [-0.15, -0.1) is 11.3 Å². The Kier molecular flexibility index (Phi) is 3.86. The van der Waals surface area contributed by atoms with Gasteiger partial charge < -0.3 is 4.42 Å². The minimum absolute atomic E-state index is 0.189. The summed E-state index contributed by atoms with van der Waals surface area (Å²) in [6.45, 7) is 0. The van der Waals surface area contributed by atoms with Gasteiger partial charge in [0, 0.05) is 0 Å². The Labute approximate surface area is 149 Å². The summed E-state index contributed by atoms with van der Waals surface area (Å²) >= 11 is 2.90. The van der Waals surface area contributed by atoms with Crippen LogP contribution in [0.25, 0.3) is 16.3 Å². The van der Waals surface area contributed by atoms with Crippen LogP contribution in [-0.4, -0.2) is 22.8 Å². The van der Waals surface area contributed by atoms with Crippen LogP contribution in [0.4, 0.5) is 4.79 Å². The Hall–Kier alpha value is -2.91. The van der Waals surface area contributed by atoms with Crippen molar-refractivity contribution in [3.8, 4) is 0 Å². The lowest BCUT2D eigenvalue weighted by atomic mass is 10.1. The number of thiazole rings is 1. The number of fused-ring (bicyclic) bond motifs is 1. The molecule has 1 saturated heterocycles. The van der Waals surface area contributed by atoms with E-state index in [4.69, 9.17) is 4.42 Å². The van der Waals surface area contributed by atoms with Gasteiger partial charge in [-0.2, -0.15) is 0 Å². The molecule has 0 bridgehead atoms. The molecule has 1 fully saturated rings. The molecule has 2 aromatic heterocycles. The largest absolute Gasteiger partial charge is 0.450 e. The molecule has 3 aromatic rings. The van der Waals surface area contributed by atoms with Gasteiger partial charge in [0.25, 0.3) is 11.8 Å². The second-order valence-electron chi connectivity index (χ2n) is 5.00. The van der Waals surface area contributed by atoms with Crippen LogP contribution < -0.4 is 10.6 Å². The fraction of sp³-hybridized carbons (Fsp3) is 0. The summed E-state index contributed by atoms with van der Waals surface area (Å²) in [4.78, 5) is 38.9. The van der Waals surface area contributed by atoms with Crippen molar-refractivity contribution in [3.63, 3.8) is 0 Å². The average molecular weight is 371 g/mol. The summed E-state index contributed by atoms with van der Waals surface area (Å²) in [5.74, 6) is -1.19. The lowest BCUT2D eigenvalue weighted by molar-refractivity contribution is -0.123. The van der Waals surface area contributed by atoms with Crippen LogP contribution in [0.1, 0.15) is 5.76 Å². The summed E-state index contributed by atoms with van der Waals surface area (Å²) < 4.78 is 7.53. The summed E-state index contributed by atoms with van der Waals surface area (Å²) in [7, 11) is 0. The number of carbonyl (C=O) groups is 3. The van der Waals surface area contributed by atoms with Gasteiger partial charge in [-0.05, 0) is 42.1 Å². The predicted molar refractivity (Wildman–Crippen MR) is 92.1 cm³/mol. The average Bonchev–Trinajstić information content (AvgIpc) is 3.17. The molecule has 1 aliphatic rings. The van der Waals surface area contributed by atoms with E-state index in [0.29, 0.717) is 10.9 Å². The number of amides is 4. The Morgan fingerprint density at radius 1 is 1.04 bits per heavy atom. The van der Waals surface area contributed by atoms with E-state index < -0.39 is 17.8 Å². The van der Waals surface area contributed by atoms with Gasteiger partial charge in [-0.3, -0.25) is 20.2 Å². The standard InChI is InChI=1S/C16H9N3O4S2/c20-13-9(14(21)19-15(22)18-13)7-8-5-6-12(23-8)25-16-17-10-3-1-2-4-11(10)24-16/h1-7H,(H2,18,19,20,21,22). The molecule has 0 aliphatic carbocycles. The van der Waals surface area contributed by atoms with E-state index in [2.05, 4.69) is 4.98 Å². The second kappa shape index (κ2) is 6.19. The number of urea groups is 1. The number of nitrogens with zero attached hydrogens (tertiary/aromatic N) is 1. The number of hydrogen-bond acceptors (Lipinski definition) is 7. The van der Waals surface area contributed by atoms with Crippen molar-refractivity contribution in [1.82, 2.24) is 15.6 Å². The van der Waals surface area contributed by atoms with Crippen LogP contribution in [0, 0.1) is 0 Å². The molecule has 1 aliphatic heterocycles. The molecule has 124 valence electrons. The maximum absolute atomic E-state index is 11.7. The molecular formula is C16H9N3O4S2. The maximum atomic E-state index is 11.7. The molecule has 2 N–H and O–H groups in total. The van der Waals surface area contributed by atoms with Gasteiger partial charge in [0.05, 0.1) is 10.2 Å². The molecule has 1 aromatic carbocycles. The molecule has 4 amide bonds. The van der Waals surface area contributed by atoms with Crippen molar-refractivity contribution in [2.75, 3.05) is 0 Å². The molecule has 0 spiro atoms. The fourth-order valence-electron chi connectivity index (χ4n) is 2.20. The number of barbiturate groups is 1. The highest BCUT2D eigenvalue weighted by molar-refractivity contribution is 8.01. The van der Waals surface area contributed by atoms with E-state index in [9.17, 15) is 14.4 Å². The van der Waals surface area contributed by atoms with Crippen LogP contribution >= 0.6 is 23.1 Å². The number of nitrogens with one attached hydrogen (secondary N) is 2. The molecule has 4 rings (SSSR count). The zero-order valence-electron chi connectivity index (χ0n) is 12.4. The molecule has 0 saturated carbocycles. The molecule has 0 radical (unpaired) electrons. The number of para-hydroxylation sites is 1. The van der Waals surface area contributed by atoms with Gasteiger partial charge >= 0.3 is 6.03 Å². The van der Waals surface area contributed by atoms with Gasteiger partial charge in [0.1, 0.15) is 11.3 Å². The van der Waals surface area contributed by atoms with E-state index in [1.807, 2.05) is 34.9 Å². The van der Waals surface area contributed by atoms with E-state index >= 15 is 0 Å². The number of aromatic nitrogens is 1. The van der Waals surface area contributed by atoms with Crippen LogP contribution in [0.15, 0.2) is 55.8 Å². The third-order valence-electron chi connectivity index (χ3n) is 3.29. The minimum Gasteiger partial charge on any atom is -0.450 e. The quantitative estimate of drug-likeness (QED) is 0.542. The first-order chi connectivity index (χ1) is 12.1. The monoisotopic (exact) mass is 371 g/mol. The molecule has 3 heterocycles. The third kappa shape index (κ3) is 3.19. The number of benzene rings is 1. The molecule has 0 atom stereocenters. The van der Waals surface area contributed by atoms with E-state index in [1.54, 1.807) is 23.5 Å². The number of imide groups is 2. The molecular weight excluding hydrogens is 362 g/mol. The normalized spacial score (nSPS) is 14.6. The van der Waals surface area contributed by atoms with E-state index in [1.165, 1.54) is 17.8 Å². The van der Waals surface area contributed by atoms with Crippen molar-refractivity contribution in [2.24, 2.45) is 0 Å². The zero-order valence-corrected chi connectivity index (χ0v) is 14.1. The predicted octanol–water partition coefficient (Wildman–Crippen LogP) is 2.79. The highest BCUT2D eigenvalue weighted by Crippen LogP contribution is 2.35. The van der Waals surface area contributed by atoms with Crippen molar-refractivity contribution in [1.29, 1.82) is 0 Å². The van der Waals surface area contributed by atoms with Crippen LogP contribution in [0.3, 0.4) is 0 Å². The topological polar surface area (TPSA) is 101 Å². The van der Waals surface area contributed by atoms with Gasteiger partial charge in [-0.25, -0.2) is 9.78 Å². The van der Waals surface area contributed by atoms with Gasteiger partial charge in [-0.1, -0.05) is 12.1 Å². The van der Waals surface area contributed by atoms with Crippen molar-refractivity contribution >= 4 is 57.2 Å². The van der Waals surface area contributed by atoms with Gasteiger partial charge in [0.15, 0.2) is 9.43 Å². The lowest BCUT2D eigenvalue weighted by Crippen LogP contribution is -2.51. The Morgan fingerprint density at radius 3 is 2.56 bits per heavy atom. The number of furan rings is 1. The Balaban J connectivity index is 1.55. The van der Waals surface area contributed by atoms with Crippen LogP contribution in [0.2, 0.25) is 0 Å². The van der Waals surface area contributed by atoms with Crippen LogP contribution in [-0.2, 0) is 9.59 Å². The maximum Gasteiger partial charge on any atom is 0.328 e. The molecule has 25 heavy (non-hydrogen) atoms. The number of carbonyl (C=O) groups excluding carboxylic acids is 3. The van der Waals surface area contributed by atoms with E-state index in [-0.39, 0.29) is 5.57 Å². The molecule has 0 unspecified atom stereocenters. The zero-order chi connectivity index (χ0) is 17.4. The summed E-state index contributed by atoms with van der Waals surface area (Å²) in [6, 6.07) is 10.4. The summed E-state index contributed by atoms with van der Waals surface area (Å²) in [6.07, 6.45) is 1.29. The number of rotatable bonds is 3. The second-order valence-corrected chi connectivity index (χ2v) is 7.28. The smallest absolute Gasteiger partial charge is 0.328 e. The Morgan fingerprint density at radius 2 is 1.80 bits per heavy atom. The fourth-order valence-corrected chi connectivity index (χ4v) is 4.17. The first-order valence-electron chi connectivity index (χ1n) is 7.10. The molecule has 7 nitrogen and oxygen atoms in total. The lowest BCUT2D eigenvalue weighted by Gasteiger charge is -2.13. The van der Waals surface area contributed by atoms with Crippen molar-refractivity contribution < 1.29 is 18.8 Å². The van der Waals surface area contributed by atoms with Crippen molar-refractivity contribution in [2.45, 2.75) is 9.43 Å². The highest BCUT2D eigenvalue weighted by atomic mass is 32.2. The SMILES string of the molecule is O=C1NC(=O)C(=Cc2ccc(Sc3nc4ccccc4s3)o2)C(=O)N1. The highest BCUT2D eigenvalue weighted by Gasteiger charge is 2.28. The number of hydrogen-bond donors (Lipinski definition) is 2. The first kappa shape index (κ1) is 15.6.